The second-order valence-electron chi connectivity index (χ2n) is 5.06. The Morgan fingerprint density at radius 3 is 2.67 bits per heavy atom. The number of ether oxygens (including phenoxy) is 1. The molecule has 2 rings (SSSR count). The molecule has 0 amide bonds. The van der Waals surface area contributed by atoms with E-state index >= 15 is 0 Å². The van der Waals surface area contributed by atoms with Crippen LogP contribution in [-0.4, -0.2) is 6.04 Å². The monoisotopic (exact) mass is 351 g/mol. The summed E-state index contributed by atoms with van der Waals surface area (Å²) >= 11 is 3.40. The van der Waals surface area contributed by atoms with E-state index in [1.54, 1.807) is 6.07 Å². The molecule has 0 spiro atoms. The van der Waals surface area contributed by atoms with Crippen LogP contribution in [0.1, 0.15) is 24.5 Å². The summed E-state index contributed by atoms with van der Waals surface area (Å²) < 4.78 is 20.5. The van der Waals surface area contributed by atoms with Crippen LogP contribution in [0.4, 0.5) is 4.39 Å². The molecule has 21 heavy (non-hydrogen) atoms. The van der Waals surface area contributed by atoms with Crippen LogP contribution >= 0.6 is 15.9 Å². The highest BCUT2D eigenvalue weighted by atomic mass is 79.9. The van der Waals surface area contributed by atoms with Crippen LogP contribution < -0.4 is 10.5 Å². The molecule has 0 radical (unpaired) electrons. The Kier molecular flexibility index (Phi) is 5.76. The van der Waals surface area contributed by atoms with Crippen LogP contribution in [0.15, 0.2) is 46.9 Å². The van der Waals surface area contributed by atoms with E-state index in [4.69, 9.17) is 10.5 Å². The number of halogens is 2. The summed E-state index contributed by atoms with van der Waals surface area (Å²) in [5.74, 6) is -0.0744. The van der Waals surface area contributed by atoms with Crippen molar-refractivity contribution in [1.29, 1.82) is 0 Å². The van der Waals surface area contributed by atoms with Gasteiger partial charge in [0.1, 0.15) is 6.61 Å². The number of rotatable bonds is 6. The fraction of sp³-hybridized carbons (Fsp3) is 0.294. The number of nitrogens with two attached hydrogens (primary N) is 1. The molecule has 0 heterocycles. The predicted molar refractivity (Wildman–Crippen MR) is 86.8 cm³/mol. The summed E-state index contributed by atoms with van der Waals surface area (Å²) in [6, 6.07) is 12.9. The molecule has 0 bridgehead atoms. The second-order valence-corrected chi connectivity index (χ2v) is 5.97. The van der Waals surface area contributed by atoms with Crippen molar-refractivity contribution < 1.29 is 9.13 Å². The maximum absolute atomic E-state index is 14.0. The first-order valence-corrected chi connectivity index (χ1v) is 7.79. The van der Waals surface area contributed by atoms with E-state index in [0.717, 1.165) is 22.0 Å². The van der Waals surface area contributed by atoms with E-state index in [2.05, 4.69) is 15.9 Å². The minimum absolute atomic E-state index is 0.0674. The minimum atomic E-state index is -0.342. The first-order chi connectivity index (χ1) is 10.1. The van der Waals surface area contributed by atoms with Gasteiger partial charge in [-0.1, -0.05) is 41.1 Å². The van der Waals surface area contributed by atoms with Gasteiger partial charge in [-0.15, -0.1) is 0 Å². The van der Waals surface area contributed by atoms with Gasteiger partial charge in [0, 0.05) is 10.5 Å². The molecule has 0 saturated heterocycles. The predicted octanol–water partition coefficient (Wildman–Crippen LogP) is 4.45. The molecule has 2 aromatic rings. The molecule has 4 heteroatoms. The van der Waals surface area contributed by atoms with Crippen LogP contribution in [0.3, 0.4) is 0 Å². The van der Waals surface area contributed by atoms with Crippen molar-refractivity contribution in [3.63, 3.8) is 0 Å². The maximum Gasteiger partial charge on any atom is 0.165 e. The van der Waals surface area contributed by atoms with E-state index in [1.165, 1.54) is 6.07 Å². The Morgan fingerprint density at radius 1 is 1.19 bits per heavy atom. The first kappa shape index (κ1) is 16.0. The summed E-state index contributed by atoms with van der Waals surface area (Å²) in [4.78, 5) is 0. The van der Waals surface area contributed by atoms with Gasteiger partial charge >= 0.3 is 0 Å². The van der Waals surface area contributed by atoms with Crippen LogP contribution in [-0.2, 0) is 13.0 Å². The molecule has 0 aromatic heterocycles. The lowest BCUT2D eigenvalue weighted by molar-refractivity contribution is 0.290. The van der Waals surface area contributed by atoms with Gasteiger partial charge in [0.25, 0.3) is 0 Å². The lowest BCUT2D eigenvalue weighted by Gasteiger charge is -2.11. The molecule has 0 aliphatic carbocycles. The molecule has 0 saturated carbocycles. The summed E-state index contributed by atoms with van der Waals surface area (Å²) in [5, 5.41) is 0. The molecule has 112 valence electrons. The van der Waals surface area contributed by atoms with Gasteiger partial charge in [-0.05, 0) is 48.2 Å². The van der Waals surface area contributed by atoms with Crippen molar-refractivity contribution in [2.75, 3.05) is 0 Å². The Bertz CT molecular complexity index is 603. The molecule has 0 aliphatic rings. The second kappa shape index (κ2) is 7.57. The van der Waals surface area contributed by atoms with Crippen molar-refractivity contribution in [2.24, 2.45) is 5.73 Å². The average molecular weight is 352 g/mol. The summed E-state index contributed by atoms with van der Waals surface area (Å²) in [6.45, 7) is 2.36. The number of hydrogen-bond acceptors (Lipinski definition) is 2. The van der Waals surface area contributed by atoms with Gasteiger partial charge in [0.15, 0.2) is 11.6 Å². The van der Waals surface area contributed by atoms with Gasteiger partial charge in [-0.2, -0.15) is 0 Å². The number of hydrogen-bond donors (Lipinski definition) is 1. The van der Waals surface area contributed by atoms with Crippen LogP contribution in [0.25, 0.3) is 0 Å². The smallest absolute Gasteiger partial charge is 0.165 e. The molecule has 2 N–H and O–H groups in total. The highest BCUT2D eigenvalue weighted by Gasteiger charge is 2.08. The molecular formula is C17H19BrFNO. The van der Waals surface area contributed by atoms with E-state index < -0.39 is 0 Å². The minimum Gasteiger partial charge on any atom is -0.486 e. The SMILES string of the molecule is CCC(N)Cc1ccc(OCc2cccc(Br)c2)c(F)c1. The molecule has 0 aliphatic heterocycles. The normalized spacial score (nSPS) is 12.2. The Balaban J connectivity index is 2.01. The van der Waals surface area contributed by atoms with Crippen molar-refractivity contribution >= 4 is 15.9 Å². The summed E-state index contributed by atoms with van der Waals surface area (Å²) in [6.07, 6.45) is 1.56. The largest absolute Gasteiger partial charge is 0.486 e. The van der Waals surface area contributed by atoms with Crippen LogP contribution in [0, 0.1) is 5.82 Å². The Labute approximate surface area is 133 Å². The van der Waals surface area contributed by atoms with Crippen LogP contribution in [0.2, 0.25) is 0 Å². The first-order valence-electron chi connectivity index (χ1n) is 6.99. The van der Waals surface area contributed by atoms with Crippen molar-refractivity contribution in [3.8, 4) is 5.75 Å². The maximum atomic E-state index is 14.0. The van der Waals surface area contributed by atoms with Crippen molar-refractivity contribution in [2.45, 2.75) is 32.4 Å². The van der Waals surface area contributed by atoms with Gasteiger partial charge in [0.2, 0.25) is 0 Å². The van der Waals surface area contributed by atoms with Crippen molar-refractivity contribution in [1.82, 2.24) is 0 Å². The molecular weight excluding hydrogens is 333 g/mol. The zero-order chi connectivity index (χ0) is 15.2. The van der Waals surface area contributed by atoms with E-state index in [-0.39, 0.29) is 17.6 Å². The molecule has 1 unspecified atom stereocenters. The standard InChI is InChI=1S/C17H19BrFNO/c1-2-15(20)9-12-6-7-17(16(19)10-12)21-11-13-4-3-5-14(18)8-13/h3-8,10,15H,2,9,11,20H2,1H3. The van der Waals surface area contributed by atoms with Gasteiger partial charge < -0.3 is 10.5 Å². The molecule has 0 fully saturated rings. The summed E-state index contributed by atoms with van der Waals surface area (Å²) in [7, 11) is 0. The Morgan fingerprint density at radius 2 is 2.00 bits per heavy atom. The molecule has 1 atom stereocenters. The van der Waals surface area contributed by atoms with Crippen LogP contribution in [0.5, 0.6) is 5.75 Å². The van der Waals surface area contributed by atoms with E-state index in [1.807, 2.05) is 37.3 Å². The van der Waals surface area contributed by atoms with E-state index in [9.17, 15) is 4.39 Å². The lowest BCUT2D eigenvalue weighted by atomic mass is 10.0. The lowest BCUT2D eigenvalue weighted by Crippen LogP contribution is -2.21. The van der Waals surface area contributed by atoms with Crippen molar-refractivity contribution in [3.05, 3.63) is 63.9 Å². The van der Waals surface area contributed by atoms with E-state index in [0.29, 0.717) is 13.0 Å². The fourth-order valence-electron chi connectivity index (χ4n) is 2.02. The fourth-order valence-corrected chi connectivity index (χ4v) is 2.47. The topological polar surface area (TPSA) is 35.2 Å². The summed E-state index contributed by atoms with van der Waals surface area (Å²) in [5.41, 5.74) is 7.77. The third kappa shape index (κ3) is 4.83. The Hall–Kier alpha value is -1.39. The zero-order valence-electron chi connectivity index (χ0n) is 12.0. The third-order valence-electron chi connectivity index (χ3n) is 3.30. The third-order valence-corrected chi connectivity index (χ3v) is 3.80. The highest BCUT2D eigenvalue weighted by Crippen LogP contribution is 2.21. The molecule has 2 nitrogen and oxygen atoms in total. The zero-order valence-corrected chi connectivity index (χ0v) is 13.6. The average Bonchev–Trinajstić information content (AvgIpc) is 2.46. The number of benzene rings is 2. The van der Waals surface area contributed by atoms with Gasteiger partial charge in [-0.25, -0.2) is 4.39 Å². The van der Waals surface area contributed by atoms with Gasteiger partial charge in [0.05, 0.1) is 0 Å². The van der Waals surface area contributed by atoms with Gasteiger partial charge in [-0.3, -0.25) is 0 Å². The molecule has 2 aromatic carbocycles. The highest BCUT2D eigenvalue weighted by molar-refractivity contribution is 9.10. The quantitative estimate of drug-likeness (QED) is 0.834.